The molecule has 0 aromatic heterocycles. The summed E-state index contributed by atoms with van der Waals surface area (Å²) in [6, 6.07) is 0. The Bertz CT molecular complexity index is 434. The zero-order valence-electron chi connectivity index (χ0n) is 10.5. The van der Waals surface area contributed by atoms with Crippen molar-refractivity contribution in [2.45, 2.75) is 44.9 Å². The van der Waals surface area contributed by atoms with Crippen LogP contribution in [0.15, 0.2) is 5.10 Å². The van der Waals surface area contributed by atoms with Gasteiger partial charge in [0.25, 0.3) is 0 Å². The van der Waals surface area contributed by atoms with Crippen LogP contribution in [0.4, 0.5) is 0 Å². The monoisotopic (exact) mass is 272 g/mol. The number of sulfone groups is 1. The number of carbonyl (C=O) groups is 1. The van der Waals surface area contributed by atoms with Crippen LogP contribution in [0.5, 0.6) is 0 Å². The number of rotatable bonds is 3. The van der Waals surface area contributed by atoms with Gasteiger partial charge < -0.3 is 0 Å². The van der Waals surface area contributed by atoms with Gasteiger partial charge in [-0.2, -0.15) is 5.10 Å². The smallest absolute Gasteiger partial charge is 0.240 e. The molecule has 1 atom stereocenters. The van der Waals surface area contributed by atoms with E-state index in [4.69, 9.17) is 0 Å². The van der Waals surface area contributed by atoms with Crippen molar-refractivity contribution in [2.24, 2.45) is 11.0 Å². The Labute approximate surface area is 108 Å². The van der Waals surface area contributed by atoms with E-state index < -0.39 is 9.84 Å². The van der Waals surface area contributed by atoms with E-state index in [1.165, 1.54) is 6.42 Å². The van der Waals surface area contributed by atoms with Crippen molar-refractivity contribution in [3.8, 4) is 0 Å². The van der Waals surface area contributed by atoms with Crippen LogP contribution in [-0.4, -0.2) is 31.5 Å². The van der Waals surface area contributed by atoms with Crippen LogP contribution in [0.2, 0.25) is 0 Å². The normalized spacial score (nSPS) is 26.9. The van der Waals surface area contributed by atoms with E-state index in [1.54, 1.807) is 0 Å². The summed E-state index contributed by atoms with van der Waals surface area (Å²) in [6.45, 7) is 0. The standard InChI is InChI=1S/C12H20N2O3S/c15-12(8-10-6-7-18(16,17)9-10)14-13-11-4-2-1-3-5-11/h10H,1-9H2,(H,14,15)/t10-/m0/s1. The molecule has 0 unspecified atom stereocenters. The van der Waals surface area contributed by atoms with Crippen molar-refractivity contribution < 1.29 is 13.2 Å². The molecule has 0 bridgehead atoms. The lowest BCUT2D eigenvalue weighted by atomic mass is 9.99. The average Bonchev–Trinajstić information content (AvgIpc) is 2.67. The minimum absolute atomic E-state index is 0.0263. The summed E-state index contributed by atoms with van der Waals surface area (Å²) < 4.78 is 22.5. The Hall–Kier alpha value is -0.910. The van der Waals surface area contributed by atoms with Gasteiger partial charge in [0.05, 0.1) is 11.5 Å². The first-order chi connectivity index (χ1) is 8.55. The molecule has 0 radical (unpaired) electrons. The summed E-state index contributed by atoms with van der Waals surface area (Å²) in [5.41, 5.74) is 3.62. The van der Waals surface area contributed by atoms with Gasteiger partial charge in [0.15, 0.2) is 9.84 Å². The van der Waals surface area contributed by atoms with Gasteiger partial charge in [0.1, 0.15) is 0 Å². The second kappa shape index (κ2) is 5.82. The highest BCUT2D eigenvalue weighted by Crippen LogP contribution is 2.21. The van der Waals surface area contributed by atoms with Gasteiger partial charge >= 0.3 is 0 Å². The third kappa shape index (κ3) is 4.08. The SMILES string of the molecule is O=C(C[C@@H]1CCS(=O)(=O)C1)NN=C1CCCCC1. The number of nitrogens with zero attached hydrogens (tertiary/aromatic N) is 1. The third-order valence-electron chi connectivity index (χ3n) is 3.57. The predicted octanol–water partition coefficient (Wildman–Crippen LogP) is 1.25. The molecule has 0 spiro atoms. The topological polar surface area (TPSA) is 75.6 Å². The van der Waals surface area contributed by atoms with E-state index in [9.17, 15) is 13.2 Å². The van der Waals surface area contributed by atoms with E-state index in [2.05, 4.69) is 10.5 Å². The lowest BCUT2D eigenvalue weighted by Gasteiger charge is -2.12. The molecular formula is C12H20N2O3S. The molecule has 18 heavy (non-hydrogen) atoms. The Morgan fingerprint density at radius 1 is 1.28 bits per heavy atom. The van der Waals surface area contributed by atoms with Gasteiger partial charge in [-0.05, 0) is 38.0 Å². The zero-order chi connectivity index (χ0) is 13.0. The summed E-state index contributed by atoms with van der Waals surface area (Å²) in [7, 11) is -2.89. The maximum absolute atomic E-state index is 11.6. The van der Waals surface area contributed by atoms with Crippen LogP contribution in [0.1, 0.15) is 44.9 Å². The Morgan fingerprint density at radius 3 is 2.61 bits per heavy atom. The Kier molecular flexibility index (Phi) is 4.37. The molecule has 5 nitrogen and oxygen atoms in total. The molecule has 1 aliphatic heterocycles. The van der Waals surface area contributed by atoms with Gasteiger partial charge in [-0.25, -0.2) is 13.8 Å². The summed E-state index contributed by atoms with van der Waals surface area (Å²) in [5, 5.41) is 4.13. The van der Waals surface area contributed by atoms with E-state index in [0.717, 1.165) is 31.4 Å². The Balaban J connectivity index is 1.75. The molecule has 2 fully saturated rings. The minimum atomic E-state index is -2.89. The lowest BCUT2D eigenvalue weighted by Crippen LogP contribution is -2.23. The van der Waals surface area contributed by atoms with Crippen molar-refractivity contribution in [3.05, 3.63) is 0 Å². The molecular weight excluding hydrogens is 252 g/mol. The minimum Gasteiger partial charge on any atom is -0.273 e. The number of hydrogen-bond donors (Lipinski definition) is 1. The summed E-state index contributed by atoms with van der Waals surface area (Å²) in [6.07, 6.45) is 6.36. The molecule has 1 amide bonds. The first-order valence-electron chi connectivity index (χ1n) is 6.60. The van der Waals surface area contributed by atoms with Crippen LogP contribution in [0.25, 0.3) is 0 Å². The largest absolute Gasteiger partial charge is 0.273 e. The van der Waals surface area contributed by atoms with E-state index in [1.807, 2.05) is 0 Å². The molecule has 1 saturated heterocycles. The van der Waals surface area contributed by atoms with Crippen molar-refractivity contribution in [2.75, 3.05) is 11.5 Å². The van der Waals surface area contributed by atoms with Gasteiger partial charge in [0.2, 0.25) is 5.91 Å². The zero-order valence-corrected chi connectivity index (χ0v) is 11.3. The first-order valence-corrected chi connectivity index (χ1v) is 8.42. The van der Waals surface area contributed by atoms with Gasteiger partial charge in [-0.3, -0.25) is 4.79 Å². The van der Waals surface area contributed by atoms with Crippen molar-refractivity contribution >= 4 is 21.5 Å². The predicted molar refractivity (Wildman–Crippen MR) is 70.0 cm³/mol. The molecule has 0 aromatic carbocycles. The van der Waals surface area contributed by atoms with Crippen molar-refractivity contribution in [1.82, 2.24) is 5.43 Å². The number of nitrogens with one attached hydrogen (secondary N) is 1. The second-order valence-corrected chi connectivity index (χ2v) is 7.48. The van der Waals surface area contributed by atoms with Crippen LogP contribution < -0.4 is 5.43 Å². The quantitative estimate of drug-likeness (QED) is 0.786. The van der Waals surface area contributed by atoms with E-state index >= 15 is 0 Å². The first kappa shape index (κ1) is 13.5. The van der Waals surface area contributed by atoms with Gasteiger partial charge in [-0.15, -0.1) is 0 Å². The van der Waals surface area contributed by atoms with E-state index in [-0.39, 0.29) is 29.8 Å². The molecule has 1 aliphatic carbocycles. The maximum Gasteiger partial charge on any atom is 0.240 e. The van der Waals surface area contributed by atoms with Crippen LogP contribution >= 0.6 is 0 Å². The second-order valence-electron chi connectivity index (χ2n) is 5.25. The maximum atomic E-state index is 11.6. The number of amides is 1. The highest BCUT2D eigenvalue weighted by Gasteiger charge is 2.29. The lowest BCUT2D eigenvalue weighted by molar-refractivity contribution is -0.121. The molecule has 1 N–H and O–H groups in total. The fraction of sp³-hybridized carbons (Fsp3) is 0.833. The molecule has 0 aromatic rings. The molecule has 1 saturated carbocycles. The molecule has 102 valence electrons. The van der Waals surface area contributed by atoms with Crippen molar-refractivity contribution in [3.63, 3.8) is 0 Å². The number of carbonyl (C=O) groups excluding carboxylic acids is 1. The summed E-state index contributed by atoms with van der Waals surface area (Å²) >= 11 is 0. The fourth-order valence-corrected chi connectivity index (χ4v) is 4.42. The van der Waals surface area contributed by atoms with Crippen LogP contribution in [0.3, 0.4) is 0 Å². The van der Waals surface area contributed by atoms with Gasteiger partial charge in [-0.1, -0.05) is 6.42 Å². The number of hydrazone groups is 1. The molecule has 2 rings (SSSR count). The summed E-state index contributed by atoms with van der Waals surface area (Å²) in [5.74, 6) is 0.188. The third-order valence-corrected chi connectivity index (χ3v) is 5.41. The molecule has 6 heteroatoms. The molecule has 2 aliphatic rings. The van der Waals surface area contributed by atoms with Crippen LogP contribution in [0, 0.1) is 5.92 Å². The summed E-state index contributed by atoms with van der Waals surface area (Å²) in [4.78, 5) is 11.6. The molecule has 1 heterocycles. The highest BCUT2D eigenvalue weighted by atomic mass is 32.2. The number of hydrogen-bond acceptors (Lipinski definition) is 4. The van der Waals surface area contributed by atoms with E-state index in [0.29, 0.717) is 6.42 Å². The highest BCUT2D eigenvalue weighted by molar-refractivity contribution is 7.91. The Morgan fingerprint density at radius 2 is 2.00 bits per heavy atom. The average molecular weight is 272 g/mol. The van der Waals surface area contributed by atoms with Crippen molar-refractivity contribution in [1.29, 1.82) is 0 Å². The fourth-order valence-electron chi connectivity index (χ4n) is 2.55. The van der Waals surface area contributed by atoms with Gasteiger partial charge in [0, 0.05) is 12.1 Å². The van der Waals surface area contributed by atoms with Crippen LogP contribution in [-0.2, 0) is 14.6 Å².